The first-order valence-corrected chi connectivity index (χ1v) is 7.82. The van der Waals surface area contributed by atoms with Crippen LogP contribution in [0.2, 0.25) is 5.02 Å². The Kier molecular flexibility index (Phi) is 3.50. The van der Waals surface area contributed by atoms with E-state index in [1.54, 1.807) is 0 Å². The van der Waals surface area contributed by atoms with E-state index in [2.05, 4.69) is 6.92 Å². The van der Waals surface area contributed by atoms with E-state index in [-0.39, 0.29) is 5.91 Å². The maximum absolute atomic E-state index is 12.5. The van der Waals surface area contributed by atoms with Gasteiger partial charge in [-0.3, -0.25) is 4.79 Å². The molecule has 19 heavy (non-hydrogen) atoms. The molecule has 1 aromatic heterocycles. The fourth-order valence-corrected chi connectivity index (χ4v) is 3.99. The second-order valence-electron chi connectivity index (χ2n) is 5.22. The van der Waals surface area contributed by atoms with Gasteiger partial charge in [-0.1, -0.05) is 36.7 Å². The molecule has 0 unspecified atom stereocenters. The van der Waals surface area contributed by atoms with E-state index in [0.717, 1.165) is 41.9 Å². The van der Waals surface area contributed by atoms with Crippen molar-refractivity contribution in [3.63, 3.8) is 0 Å². The fraction of sp³-hybridized carbons (Fsp3) is 0.400. The third-order valence-corrected chi connectivity index (χ3v) is 5.46. The molecule has 3 rings (SSSR count). The van der Waals surface area contributed by atoms with Gasteiger partial charge in [0.1, 0.15) is 4.88 Å². The maximum Gasteiger partial charge on any atom is 0.265 e. The van der Waals surface area contributed by atoms with Crippen molar-refractivity contribution in [1.29, 1.82) is 0 Å². The molecule has 0 radical (unpaired) electrons. The number of carbonyl (C=O) groups is 1. The molecule has 0 spiro atoms. The summed E-state index contributed by atoms with van der Waals surface area (Å²) in [5.74, 6) is 0.819. The van der Waals surface area contributed by atoms with Crippen molar-refractivity contribution in [2.45, 2.75) is 19.8 Å². The fourth-order valence-electron chi connectivity index (χ4n) is 2.51. The molecule has 1 aliphatic rings. The number of likely N-dealkylation sites (tertiary alicyclic amines) is 1. The summed E-state index contributed by atoms with van der Waals surface area (Å²) in [6.45, 7) is 3.95. The quantitative estimate of drug-likeness (QED) is 0.762. The Morgan fingerprint density at radius 2 is 2.00 bits per heavy atom. The maximum atomic E-state index is 12.5. The first-order chi connectivity index (χ1) is 9.16. The summed E-state index contributed by atoms with van der Waals surface area (Å²) in [5.41, 5.74) is 0. The molecule has 2 heterocycles. The average Bonchev–Trinajstić information content (AvgIpc) is 2.77. The molecular formula is C15H16ClNOS. The summed E-state index contributed by atoms with van der Waals surface area (Å²) >= 11 is 7.87. The molecule has 1 amide bonds. The molecule has 1 aliphatic heterocycles. The summed E-state index contributed by atoms with van der Waals surface area (Å²) in [7, 11) is 0. The summed E-state index contributed by atoms with van der Waals surface area (Å²) < 4.78 is 1.08. The lowest BCUT2D eigenvalue weighted by molar-refractivity contribution is 0.0702. The Morgan fingerprint density at radius 3 is 2.68 bits per heavy atom. The Labute approximate surface area is 122 Å². The van der Waals surface area contributed by atoms with Crippen molar-refractivity contribution >= 4 is 38.9 Å². The topological polar surface area (TPSA) is 20.3 Å². The summed E-state index contributed by atoms with van der Waals surface area (Å²) in [4.78, 5) is 15.2. The van der Waals surface area contributed by atoms with Gasteiger partial charge in [-0.25, -0.2) is 0 Å². The van der Waals surface area contributed by atoms with Gasteiger partial charge in [-0.2, -0.15) is 0 Å². The number of hydrogen-bond acceptors (Lipinski definition) is 2. The van der Waals surface area contributed by atoms with E-state index in [1.165, 1.54) is 11.3 Å². The number of fused-ring (bicyclic) bond motifs is 1. The number of piperidine rings is 1. The minimum Gasteiger partial charge on any atom is -0.338 e. The van der Waals surface area contributed by atoms with Crippen molar-refractivity contribution in [2.24, 2.45) is 5.92 Å². The highest BCUT2D eigenvalue weighted by molar-refractivity contribution is 7.21. The van der Waals surface area contributed by atoms with Gasteiger partial charge >= 0.3 is 0 Å². The molecule has 1 saturated heterocycles. The zero-order valence-electron chi connectivity index (χ0n) is 10.9. The van der Waals surface area contributed by atoms with Crippen LogP contribution in [0, 0.1) is 5.92 Å². The molecular weight excluding hydrogens is 278 g/mol. The number of halogens is 1. The molecule has 2 nitrogen and oxygen atoms in total. The molecule has 2 aromatic rings. The van der Waals surface area contributed by atoms with E-state index < -0.39 is 0 Å². The van der Waals surface area contributed by atoms with Crippen LogP contribution in [-0.2, 0) is 0 Å². The van der Waals surface area contributed by atoms with Gasteiger partial charge in [-0.05, 0) is 24.8 Å². The van der Waals surface area contributed by atoms with Crippen molar-refractivity contribution in [3.8, 4) is 0 Å². The average molecular weight is 294 g/mol. The number of rotatable bonds is 1. The minimum absolute atomic E-state index is 0.0955. The van der Waals surface area contributed by atoms with Gasteiger partial charge in [0.05, 0.1) is 5.02 Å². The summed E-state index contributed by atoms with van der Waals surface area (Å²) in [6, 6.07) is 7.92. The molecule has 1 fully saturated rings. The van der Waals surface area contributed by atoms with Gasteiger partial charge in [0.2, 0.25) is 0 Å². The zero-order chi connectivity index (χ0) is 13.4. The Hall–Kier alpha value is -1.06. The molecule has 100 valence electrons. The van der Waals surface area contributed by atoms with E-state index in [4.69, 9.17) is 11.6 Å². The van der Waals surface area contributed by atoms with Gasteiger partial charge < -0.3 is 4.90 Å². The number of thiophene rings is 1. The summed E-state index contributed by atoms with van der Waals surface area (Å²) in [5, 5.41) is 1.60. The lowest BCUT2D eigenvalue weighted by atomic mass is 9.99. The monoisotopic (exact) mass is 293 g/mol. The molecule has 1 aromatic carbocycles. The Morgan fingerprint density at radius 1 is 1.32 bits per heavy atom. The van der Waals surface area contributed by atoms with Crippen molar-refractivity contribution in [1.82, 2.24) is 4.90 Å². The third kappa shape index (κ3) is 2.37. The van der Waals surface area contributed by atoms with Crippen LogP contribution in [0.4, 0.5) is 0 Å². The van der Waals surface area contributed by atoms with Gasteiger partial charge in [-0.15, -0.1) is 11.3 Å². The lowest BCUT2D eigenvalue weighted by Gasteiger charge is -2.30. The largest absolute Gasteiger partial charge is 0.338 e. The zero-order valence-corrected chi connectivity index (χ0v) is 12.4. The summed E-state index contributed by atoms with van der Waals surface area (Å²) in [6.07, 6.45) is 2.18. The van der Waals surface area contributed by atoms with E-state index in [1.807, 2.05) is 29.2 Å². The van der Waals surface area contributed by atoms with Crippen LogP contribution in [0.15, 0.2) is 24.3 Å². The van der Waals surface area contributed by atoms with E-state index in [9.17, 15) is 4.79 Å². The number of hydrogen-bond donors (Lipinski definition) is 0. The van der Waals surface area contributed by atoms with Crippen molar-refractivity contribution < 1.29 is 4.79 Å². The van der Waals surface area contributed by atoms with Gasteiger partial charge in [0.15, 0.2) is 0 Å². The van der Waals surface area contributed by atoms with Crippen LogP contribution in [0.5, 0.6) is 0 Å². The smallest absolute Gasteiger partial charge is 0.265 e. The second-order valence-corrected chi connectivity index (χ2v) is 6.65. The number of benzene rings is 1. The van der Waals surface area contributed by atoms with Crippen LogP contribution >= 0.6 is 22.9 Å². The van der Waals surface area contributed by atoms with Gasteiger partial charge in [0.25, 0.3) is 5.91 Å². The van der Waals surface area contributed by atoms with Crippen LogP contribution in [0.1, 0.15) is 29.4 Å². The second kappa shape index (κ2) is 5.14. The number of amides is 1. The number of nitrogens with zero attached hydrogens (tertiary/aromatic N) is 1. The van der Waals surface area contributed by atoms with E-state index in [0.29, 0.717) is 9.90 Å². The molecule has 0 aliphatic carbocycles. The third-order valence-electron chi connectivity index (χ3n) is 3.80. The SMILES string of the molecule is CC1CCN(C(=O)c2sc3ccccc3c2Cl)CC1. The van der Waals surface area contributed by atoms with Gasteiger partial charge in [0, 0.05) is 23.2 Å². The first-order valence-electron chi connectivity index (χ1n) is 6.63. The molecule has 4 heteroatoms. The minimum atomic E-state index is 0.0955. The molecule has 0 atom stereocenters. The predicted octanol–water partition coefficient (Wildman–Crippen LogP) is 4.43. The molecule has 0 bridgehead atoms. The van der Waals surface area contributed by atoms with Crippen molar-refractivity contribution in [2.75, 3.05) is 13.1 Å². The standard InChI is InChI=1S/C15H16ClNOS/c1-10-6-8-17(9-7-10)15(18)14-13(16)11-4-2-3-5-12(11)19-14/h2-5,10H,6-9H2,1H3. The highest BCUT2D eigenvalue weighted by atomic mass is 35.5. The van der Waals surface area contributed by atoms with Crippen LogP contribution in [0.3, 0.4) is 0 Å². The van der Waals surface area contributed by atoms with Crippen molar-refractivity contribution in [3.05, 3.63) is 34.2 Å². The highest BCUT2D eigenvalue weighted by Crippen LogP contribution is 2.36. The highest BCUT2D eigenvalue weighted by Gasteiger charge is 2.25. The lowest BCUT2D eigenvalue weighted by Crippen LogP contribution is -2.37. The van der Waals surface area contributed by atoms with E-state index >= 15 is 0 Å². The normalized spacial score (nSPS) is 17.1. The Balaban J connectivity index is 1.91. The molecule has 0 saturated carbocycles. The molecule has 0 N–H and O–H groups in total. The Bertz CT molecular complexity index is 614. The van der Waals surface area contributed by atoms with Crippen LogP contribution in [0.25, 0.3) is 10.1 Å². The van der Waals surface area contributed by atoms with Crippen LogP contribution < -0.4 is 0 Å². The predicted molar refractivity (Wildman–Crippen MR) is 81.1 cm³/mol. The number of carbonyl (C=O) groups excluding carboxylic acids is 1. The van der Waals surface area contributed by atoms with Crippen LogP contribution in [-0.4, -0.2) is 23.9 Å². The first kappa shape index (κ1) is 12.9.